The van der Waals surface area contributed by atoms with Gasteiger partial charge in [0, 0.05) is 4.88 Å². The molecule has 5 rings (SSSR count). The summed E-state index contributed by atoms with van der Waals surface area (Å²) in [5.74, 6) is 4.20. The van der Waals surface area contributed by atoms with Crippen molar-refractivity contribution < 1.29 is 5.11 Å². The molecule has 4 bridgehead atoms. The Bertz CT molecular complexity index is 422. The lowest BCUT2D eigenvalue weighted by atomic mass is 9.51. The van der Waals surface area contributed by atoms with Gasteiger partial charge in [0.05, 0.1) is 6.10 Å². The van der Waals surface area contributed by atoms with E-state index in [1.165, 1.54) is 42.5 Å². The molecule has 0 aliphatic heterocycles. The smallest absolute Gasteiger partial charge is 0.0917 e. The lowest BCUT2D eigenvalue weighted by molar-refractivity contribution is -0.0899. The van der Waals surface area contributed by atoms with Crippen molar-refractivity contribution in [3.63, 3.8) is 0 Å². The molecule has 0 amide bonds. The van der Waals surface area contributed by atoms with Crippen molar-refractivity contribution in [3.8, 4) is 0 Å². The van der Waals surface area contributed by atoms with Gasteiger partial charge in [-0.05, 0) is 85.6 Å². The maximum absolute atomic E-state index is 10.8. The van der Waals surface area contributed by atoms with Crippen molar-refractivity contribution >= 4 is 11.3 Å². The molecule has 1 atom stereocenters. The second kappa shape index (κ2) is 4.08. The van der Waals surface area contributed by atoms with Gasteiger partial charge in [0.2, 0.25) is 0 Å². The van der Waals surface area contributed by atoms with E-state index >= 15 is 0 Å². The van der Waals surface area contributed by atoms with Gasteiger partial charge < -0.3 is 5.11 Å². The van der Waals surface area contributed by atoms with E-state index < -0.39 is 0 Å². The third-order valence-electron chi connectivity index (χ3n) is 5.83. The minimum Gasteiger partial charge on any atom is -0.387 e. The summed E-state index contributed by atoms with van der Waals surface area (Å²) in [6.45, 7) is 2.14. The zero-order valence-electron chi connectivity index (χ0n) is 11.0. The van der Waals surface area contributed by atoms with Crippen LogP contribution in [0.5, 0.6) is 0 Å². The molecule has 1 unspecified atom stereocenters. The van der Waals surface area contributed by atoms with E-state index in [1.807, 2.05) is 0 Å². The van der Waals surface area contributed by atoms with Crippen LogP contribution in [0.4, 0.5) is 0 Å². The van der Waals surface area contributed by atoms with Crippen LogP contribution in [0.3, 0.4) is 0 Å². The van der Waals surface area contributed by atoms with Crippen molar-refractivity contribution in [3.05, 3.63) is 21.9 Å². The number of hydrogen-bond acceptors (Lipinski definition) is 2. The standard InChI is InChI=1S/C16H22OS/c1-9-2-3-18-16(9)15(17)14-12-5-10-4-11(7-12)8-13(14)6-10/h2-3,10-15,17H,4-8H2,1H3. The van der Waals surface area contributed by atoms with Gasteiger partial charge in [0.15, 0.2) is 0 Å². The van der Waals surface area contributed by atoms with E-state index in [0.717, 1.165) is 23.7 Å². The Morgan fingerprint density at radius 1 is 1.11 bits per heavy atom. The summed E-state index contributed by atoms with van der Waals surface area (Å²) in [7, 11) is 0. The Morgan fingerprint density at radius 3 is 2.22 bits per heavy atom. The van der Waals surface area contributed by atoms with Crippen molar-refractivity contribution in [1.29, 1.82) is 0 Å². The molecule has 4 aliphatic rings. The molecule has 18 heavy (non-hydrogen) atoms. The van der Waals surface area contributed by atoms with Crippen molar-refractivity contribution in [2.45, 2.75) is 45.1 Å². The number of rotatable bonds is 2. The fraction of sp³-hybridized carbons (Fsp3) is 0.750. The summed E-state index contributed by atoms with van der Waals surface area (Å²) in [6, 6.07) is 2.15. The highest BCUT2D eigenvalue weighted by molar-refractivity contribution is 7.10. The van der Waals surface area contributed by atoms with Crippen LogP contribution in [0.2, 0.25) is 0 Å². The van der Waals surface area contributed by atoms with Crippen LogP contribution in [-0.2, 0) is 0 Å². The van der Waals surface area contributed by atoms with Crippen LogP contribution in [0.15, 0.2) is 11.4 Å². The Labute approximate surface area is 113 Å². The Hall–Kier alpha value is -0.340. The van der Waals surface area contributed by atoms with Crippen LogP contribution in [0.25, 0.3) is 0 Å². The molecular weight excluding hydrogens is 240 g/mol. The molecule has 0 radical (unpaired) electrons. The van der Waals surface area contributed by atoms with Crippen LogP contribution >= 0.6 is 11.3 Å². The monoisotopic (exact) mass is 262 g/mol. The van der Waals surface area contributed by atoms with Gasteiger partial charge in [-0.3, -0.25) is 0 Å². The second-order valence-electron chi connectivity index (χ2n) is 6.92. The quantitative estimate of drug-likeness (QED) is 0.848. The van der Waals surface area contributed by atoms with Gasteiger partial charge in [0.1, 0.15) is 0 Å². The molecule has 1 aromatic heterocycles. The molecule has 0 saturated heterocycles. The minimum absolute atomic E-state index is 0.181. The zero-order valence-corrected chi connectivity index (χ0v) is 11.8. The SMILES string of the molecule is Cc1ccsc1C(O)C1C2CC3CC(C2)CC1C3. The predicted octanol–water partition coefficient (Wildman–Crippen LogP) is 4.16. The molecule has 2 heteroatoms. The molecule has 98 valence electrons. The molecule has 4 fully saturated rings. The average Bonchev–Trinajstić information content (AvgIpc) is 2.73. The summed E-state index contributed by atoms with van der Waals surface area (Å²) in [4.78, 5) is 1.24. The normalized spacial score (nSPS) is 43.3. The van der Waals surface area contributed by atoms with Crippen molar-refractivity contribution in [2.75, 3.05) is 0 Å². The third-order valence-corrected chi connectivity index (χ3v) is 6.92. The molecule has 0 spiro atoms. The molecular formula is C16H22OS. The molecule has 1 heterocycles. The van der Waals surface area contributed by atoms with Crippen LogP contribution < -0.4 is 0 Å². The number of aliphatic hydroxyl groups is 1. The number of aryl methyl sites for hydroxylation is 1. The van der Waals surface area contributed by atoms with E-state index in [0.29, 0.717) is 5.92 Å². The Balaban J connectivity index is 1.63. The first-order valence-electron chi connectivity index (χ1n) is 7.44. The summed E-state index contributed by atoms with van der Waals surface area (Å²) >= 11 is 1.75. The van der Waals surface area contributed by atoms with E-state index in [4.69, 9.17) is 0 Å². The van der Waals surface area contributed by atoms with Gasteiger partial charge in [-0.25, -0.2) is 0 Å². The molecule has 1 aromatic rings. The summed E-state index contributed by atoms with van der Waals surface area (Å²) in [5.41, 5.74) is 1.29. The second-order valence-corrected chi connectivity index (χ2v) is 7.87. The fourth-order valence-corrected chi connectivity index (χ4v) is 6.31. The van der Waals surface area contributed by atoms with E-state index in [-0.39, 0.29) is 6.10 Å². The number of aliphatic hydroxyl groups excluding tert-OH is 1. The Morgan fingerprint density at radius 2 is 1.72 bits per heavy atom. The molecule has 1 N–H and O–H groups in total. The van der Waals surface area contributed by atoms with Gasteiger partial charge in [-0.1, -0.05) is 0 Å². The van der Waals surface area contributed by atoms with E-state index in [9.17, 15) is 5.11 Å². The van der Waals surface area contributed by atoms with Gasteiger partial charge in [0.25, 0.3) is 0 Å². The van der Waals surface area contributed by atoms with Crippen LogP contribution in [-0.4, -0.2) is 5.11 Å². The largest absolute Gasteiger partial charge is 0.387 e. The average molecular weight is 262 g/mol. The van der Waals surface area contributed by atoms with Gasteiger partial charge in [-0.2, -0.15) is 0 Å². The molecule has 4 saturated carbocycles. The van der Waals surface area contributed by atoms with Gasteiger partial charge >= 0.3 is 0 Å². The van der Waals surface area contributed by atoms with E-state index in [2.05, 4.69) is 18.4 Å². The van der Waals surface area contributed by atoms with E-state index in [1.54, 1.807) is 11.3 Å². The summed E-state index contributed by atoms with van der Waals surface area (Å²) in [6.07, 6.45) is 6.92. The predicted molar refractivity (Wildman–Crippen MR) is 74.6 cm³/mol. The lowest BCUT2D eigenvalue weighted by Crippen LogP contribution is -2.47. The number of hydrogen-bond donors (Lipinski definition) is 1. The van der Waals surface area contributed by atoms with Crippen LogP contribution in [0, 0.1) is 36.5 Å². The highest BCUT2D eigenvalue weighted by atomic mass is 32.1. The first kappa shape index (κ1) is 11.5. The highest BCUT2D eigenvalue weighted by Gasteiger charge is 2.50. The van der Waals surface area contributed by atoms with Gasteiger partial charge in [-0.15, -0.1) is 11.3 Å². The maximum atomic E-state index is 10.8. The van der Waals surface area contributed by atoms with Crippen molar-refractivity contribution in [2.24, 2.45) is 29.6 Å². The zero-order chi connectivity index (χ0) is 12.3. The third kappa shape index (κ3) is 1.61. The highest BCUT2D eigenvalue weighted by Crippen LogP contribution is 2.59. The first-order chi connectivity index (χ1) is 8.72. The molecule has 0 aromatic carbocycles. The first-order valence-corrected chi connectivity index (χ1v) is 8.32. The summed E-state index contributed by atoms with van der Waals surface area (Å²) < 4.78 is 0. The number of thiophene rings is 1. The lowest BCUT2D eigenvalue weighted by Gasteiger charge is -2.55. The van der Waals surface area contributed by atoms with Crippen LogP contribution in [0.1, 0.15) is 48.6 Å². The Kier molecular flexibility index (Phi) is 2.60. The minimum atomic E-state index is -0.181. The fourth-order valence-electron chi connectivity index (χ4n) is 5.35. The molecule has 4 aliphatic carbocycles. The van der Waals surface area contributed by atoms with Crippen molar-refractivity contribution in [1.82, 2.24) is 0 Å². The summed E-state index contributed by atoms with van der Waals surface area (Å²) in [5, 5.41) is 13.0. The topological polar surface area (TPSA) is 20.2 Å². The molecule has 1 nitrogen and oxygen atoms in total. The maximum Gasteiger partial charge on any atom is 0.0917 e.